The Balaban J connectivity index is 1.18. The van der Waals surface area contributed by atoms with Gasteiger partial charge >= 0.3 is 0 Å². The normalized spacial score (nSPS) is 20.3. The number of benzene rings is 1. The third-order valence-electron chi connectivity index (χ3n) is 5.91. The highest BCUT2D eigenvalue weighted by atomic mass is 32.2. The van der Waals surface area contributed by atoms with Crippen molar-refractivity contribution in [3.63, 3.8) is 0 Å². The Hall–Kier alpha value is -2.82. The highest BCUT2D eigenvalue weighted by Crippen LogP contribution is 2.31. The van der Waals surface area contributed by atoms with E-state index in [1.807, 2.05) is 23.1 Å². The molecule has 0 spiro atoms. The van der Waals surface area contributed by atoms with Crippen LogP contribution >= 0.6 is 11.3 Å². The highest BCUT2D eigenvalue weighted by molar-refractivity contribution is 7.90. The number of thiophene rings is 1. The van der Waals surface area contributed by atoms with Gasteiger partial charge < -0.3 is 9.80 Å². The van der Waals surface area contributed by atoms with Gasteiger partial charge in [0.15, 0.2) is 0 Å². The number of fused-ring (bicyclic) bond motifs is 1. The minimum absolute atomic E-state index is 0.0532. The number of carbonyl (C=O) groups excluding carboxylic acids is 1. The number of amidine groups is 1. The summed E-state index contributed by atoms with van der Waals surface area (Å²) >= 11 is 1.59. The van der Waals surface area contributed by atoms with Crippen LogP contribution in [0.15, 0.2) is 64.7 Å². The van der Waals surface area contributed by atoms with Gasteiger partial charge in [0, 0.05) is 60.8 Å². The van der Waals surface area contributed by atoms with Crippen molar-refractivity contribution in [3.8, 4) is 10.4 Å². The molecule has 1 aromatic heterocycles. The molecule has 0 N–H and O–H groups in total. The molecule has 0 radical (unpaired) electrons. The van der Waals surface area contributed by atoms with Crippen molar-refractivity contribution in [1.29, 1.82) is 0 Å². The number of hydrogen-bond donors (Lipinski definition) is 0. The lowest BCUT2D eigenvalue weighted by Crippen LogP contribution is -2.49. The number of sulfonamides is 1. The largest absolute Gasteiger partial charge is 0.336 e. The molecule has 3 aliphatic rings. The van der Waals surface area contributed by atoms with Crippen LogP contribution in [0, 0.1) is 5.82 Å². The zero-order valence-electron chi connectivity index (χ0n) is 17.9. The molecule has 1 fully saturated rings. The smallest absolute Gasteiger partial charge is 0.256 e. The van der Waals surface area contributed by atoms with Crippen LogP contribution in [0.2, 0.25) is 0 Å². The number of hydrogen-bond acceptors (Lipinski definition) is 6. The van der Waals surface area contributed by atoms with Crippen molar-refractivity contribution in [2.24, 2.45) is 4.40 Å². The molecule has 1 amide bonds. The molecule has 0 aliphatic carbocycles. The Labute approximate surface area is 196 Å². The Morgan fingerprint density at radius 2 is 1.82 bits per heavy atom. The van der Waals surface area contributed by atoms with E-state index in [0.29, 0.717) is 36.6 Å². The van der Waals surface area contributed by atoms with Gasteiger partial charge in [-0.3, -0.25) is 9.69 Å². The molecule has 7 nitrogen and oxygen atoms in total. The van der Waals surface area contributed by atoms with E-state index in [1.54, 1.807) is 46.7 Å². The summed E-state index contributed by atoms with van der Waals surface area (Å²) in [5.41, 5.74) is 1.16. The van der Waals surface area contributed by atoms with Gasteiger partial charge in [-0.25, -0.2) is 12.8 Å². The number of halogens is 1. The van der Waals surface area contributed by atoms with E-state index in [0.717, 1.165) is 29.4 Å². The lowest BCUT2D eigenvalue weighted by molar-refractivity contribution is -0.128. The van der Waals surface area contributed by atoms with Crippen LogP contribution in [0.25, 0.3) is 10.4 Å². The molecule has 0 bridgehead atoms. The summed E-state index contributed by atoms with van der Waals surface area (Å²) in [4.78, 5) is 20.9. The number of carbonyl (C=O) groups is 1. The number of amides is 1. The molecular weight excluding hydrogens is 463 g/mol. The summed E-state index contributed by atoms with van der Waals surface area (Å²) in [6, 6.07) is 10.8. The van der Waals surface area contributed by atoms with Crippen LogP contribution in [0.1, 0.15) is 4.88 Å². The summed E-state index contributed by atoms with van der Waals surface area (Å²) in [6.45, 7) is 3.81. The average Bonchev–Trinajstić information content (AvgIpc) is 3.27. The van der Waals surface area contributed by atoms with E-state index >= 15 is 0 Å². The molecule has 1 aromatic carbocycles. The monoisotopic (exact) mass is 486 g/mol. The maximum absolute atomic E-state index is 14.1. The maximum Gasteiger partial charge on any atom is 0.256 e. The zero-order valence-corrected chi connectivity index (χ0v) is 19.5. The molecule has 0 atom stereocenters. The van der Waals surface area contributed by atoms with Crippen LogP contribution in [0.3, 0.4) is 0 Å². The van der Waals surface area contributed by atoms with E-state index in [2.05, 4.69) is 9.30 Å². The third-order valence-corrected chi connectivity index (χ3v) is 8.18. The SMILES string of the molecule is O=C(C1=CN2CCS(=O)(=O)N=C2C=C1)N1CCN(Cc2ccc(-c3ccccc3F)s2)CC1. The third kappa shape index (κ3) is 4.78. The van der Waals surface area contributed by atoms with Crippen molar-refractivity contribution in [2.75, 3.05) is 38.5 Å². The van der Waals surface area contributed by atoms with E-state index in [1.165, 1.54) is 6.07 Å². The van der Waals surface area contributed by atoms with Gasteiger partial charge in [0.2, 0.25) is 0 Å². The predicted octanol–water partition coefficient (Wildman–Crippen LogP) is 2.70. The Morgan fingerprint density at radius 3 is 2.61 bits per heavy atom. The fraction of sp³-hybridized carbons (Fsp3) is 0.304. The minimum atomic E-state index is -3.41. The molecule has 10 heteroatoms. The Bertz CT molecular complexity index is 1270. The second-order valence-corrected chi connectivity index (χ2v) is 11.1. The van der Waals surface area contributed by atoms with Crippen molar-refractivity contribution in [3.05, 3.63) is 71.0 Å². The van der Waals surface area contributed by atoms with Crippen molar-refractivity contribution < 1.29 is 17.6 Å². The highest BCUT2D eigenvalue weighted by Gasteiger charge is 2.28. The first-order valence-corrected chi connectivity index (χ1v) is 13.1. The molecule has 1 saturated heterocycles. The van der Waals surface area contributed by atoms with Gasteiger partial charge in [0.05, 0.1) is 11.3 Å². The second kappa shape index (κ2) is 8.85. The quantitative estimate of drug-likeness (QED) is 0.665. The zero-order chi connectivity index (χ0) is 23.0. The summed E-state index contributed by atoms with van der Waals surface area (Å²) < 4.78 is 41.1. The van der Waals surface area contributed by atoms with Crippen LogP contribution in [-0.2, 0) is 21.4 Å². The molecule has 2 aromatic rings. The number of piperazine rings is 1. The first-order chi connectivity index (χ1) is 15.9. The van der Waals surface area contributed by atoms with Gasteiger partial charge in [-0.05, 0) is 30.4 Å². The Kier molecular flexibility index (Phi) is 5.90. The van der Waals surface area contributed by atoms with Crippen LogP contribution in [-0.4, -0.2) is 73.3 Å². The standard InChI is InChI=1S/C23H23FN4O3S2/c24-20-4-2-1-3-19(20)21-7-6-18(32-21)16-26-9-11-27(12-10-26)23(29)17-5-8-22-25-33(30,31)14-13-28(22)15-17/h1-8,15H,9-14,16H2. The molecule has 33 heavy (non-hydrogen) atoms. The van der Waals surface area contributed by atoms with E-state index < -0.39 is 10.0 Å². The van der Waals surface area contributed by atoms with E-state index in [-0.39, 0.29) is 17.5 Å². The van der Waals surface area contributed by atoms with Gasteiger partial charge in [0.1, 0.15) is 11.7 Å². The van der Waals surface area contributed by atoms with E-state index in [4.69, 9.17) is 0 Å². The lowest BCUT2D eigenvalue weighted by atomic mass is 10.1. The van der Waals surface area contributed by atoms with Gasteiger partial charge in [-0.2, -0.15) is 0 Å². The summed E-state index contributed by atoms with van der Waals surface area (Å²) in [5.74, 6) is 0.0285. The number of nitrogens with zero attached hydrogens (tertiary/aromatic N) is 4. The van der Waals surface area contributed by atoms with E-state index in [9.17, 15) is 17.6 Å². The second-order valence-electron chi connectivity index (χ2n) is 8.16. The molecular formula is C23H23FN4O3S2. The molecule has 4 heterocycles. The fourth-order valence-electron chi connectivity index (χ4n) is 4.11. The molecule has 172 valence electrons. The number of rotatable bonds is 4. The van der Waals surface area contributed by atoms with Crippen LogP contribution in [0.4, 0.5) is 4.39 Å². The van der Waals surface area contributed by atoms with Gasteiger partial charge in [-0.15, -0.1) is 15.7 Å². The average molecular weight is 487 g/mol. The molecule has 5 rings (SSSR count). The van der Waals surface area contributed by atoms with Crippen molar-refractivity contribution in [2.45, 2.75) is 6.54 Å². The Morgan fingerprint density at radius 1 is 1.03 bits per heavy atom. The lowest BCUT2D eigenvalue weighted by Gasteiger charge is -2.35. The summed E-state index contributed by atoms with van der Waals surface area (Å²) in [7, 11) is -3.41. The van der Waals surface area contributed by atoms with Crippen molar-refractivity contribution >= 4 is 33.1 Å². The van der Waals surface area contributed by atoms with Crippen LogP contribution < -0.4 is 0 Å². The van der Waals surface area contributed by atoms with Gasteiger partial charge in [0.25, 0.3) is 15.9 Å². The summed E-state index contributed by atoms with van der Waals surface area (Å²) in [6.07, 6.45) is 4.92. The minimum Gasteiger partial charge on any atom is -0.336 e. The fourth-order valence-corrected chi connectivity index (χ4v) is 6.15. The predicted molar refractivity (Wildman–Crippen MR) is 127 cm³/mol. The van der Waals surface area contributed by atoms with Gasteiger partial charge in [-0.1, -0.05) is 18.2 Å². The maximum atomic E-state index is 14.1. The first-order valence-electron chi connectivity index (χ1n) is 10.7. The van der Waals surface area contributed by atoms with Crippen LogP contribution in [0.5, 0.6) is 0 Å². The molecule has 3 aliphatic heterocycles. The molecule has 0 unspecified atom stereocenters. The van der Waals surface area contributed by atoms with Crippen molar-refractivity contribution in [1.82, 2.24) is 14.7 Å². The molecule has 0 saturated carbocycles. The topological polar surface area (TPSA) is 73.3 Å². The summed E-state index contributed by atoms with van der Waals surface area (Å²) in [5, 5.41) is 0. The first kappa shape index (κ1) is 22.0.